The van der Waals surface area contributed by atoms with Gasteiger partial charge in [-0.3, -0.25) is 4.79 Å². The van der Waals surface area contributed by atoms with Crippen LogP contribution < -0.4 is 10.2 Å². The van der Waals surface area contributed by atoms with E-state index in [0.717, 1.165) is 35.6 Å². The number of amides is 2. The molecule has 8 nitrogen and oxygen atoms in total. The van der Waals surface area contributed by atoms with Gasteiger partial charge in [0, 0.05) is 38.9 Å². The third-order valence-corrected chi connectivity index (χ3v) is 5.47. The number of carbonyl (C=O) groups is 2. The molecule has 31 heavy (non-hydrogen) atoms. The number of hydrogen-bond donors (Lipinski definition) is 1. The second-order valence-electron chi connectivity index (χ2n) is 7.54. The summed E-state index contributed by atoms with van der Waals surface area (Å²) in [6.45, 7) is 4.85. The van der Waals surface area contributed by atoms with E-state index in [1.165, 1.54) is 0 Å². The molecule has 2 heterocycles. The SMILES string of the molecule is CCOC(=O)Cc1ccc(NC(=O)N2CCN(c3nc4ccccc4n3C)CC2)cc1. The molecule has 2 amide bonds. The average Bonchev–Trinajstić information content (AvgIpc) is 3.12. The molecule has 0 aliphatic carbocycles. The van der Waals surface area contributed by atoms with Crippen LogP contribution in [0.1, 0.15) is 12.5 Å². The van der Waals surface area contributed by atoms with Gasteiger partial charge in [-0.1, -0.05) is 24.3 Å². The highest BCUT2D eigenvalue weighted by Crippen LogP contribution is 2.22. The Bertz CT molecular complexity index is 1070. The molecule has 0 spiro atoms. The van der Waals surface area contributed by atoms with Crippen LogP contribution >= 0.6 is 0 Å². The molecule has 8 heteroatoms. The van der Waals surface area contributed by atoms with Gasteiger partial charge in [0.1, 0.15) is 0 Å². The highest BCUT2D eigenvalue weighted by atomic mass is 16.5. The van der Waals surface area contributed by atoms with E-state index in [1.807, 2.05) is 54.4 Å². The number of benzene rings is 2. The molecule has 4 rings (SSSR count). The molecular weight excluding hydrogens is 394 g/mol. The third kappa shape index (κ3) is 4.63. The molecule has 0 atom stereocenters. The number of piperazine rings is 1. The van der Waals surface area contributed by atoms with Crippen molar-refractivity contribution < 1.29 is 14.3 Å². The Morgan fingerprint density at radius 3 is 2.42 bits per heavy atom. The first-order valence-electron chi connectivity index (χ1n) is 10.5. The largest absolute Gasteiger partial charge is 0.466 e. The topological polar surface area (TPSA) is 79.7 Å². The molecule has 1 aliphatic rings. The van der Waals surface area contributed by atoms with Gasteiger partial charge in [0.2, 0.25) is 5.95 Å². The lowest BCUT2D eigenvalue weighted by molar-refractivity contribution is -0.142. The number of para-hydroxylation sites is 2. The second-order valence-corrected chi connectivity index (χ2v) is 7.54. The van der Waals surface area contributed by atoms with Gasteiger partial charge in [0.25, 0.3) is 0 Å². The fraction of sp³-hybridized carbons (Fsp3) is 0.348. The molecule has 1 saturated heterocycles. The van der Waals surface area contributed by atoms with Crippen LogP contribution in [0.25, 0.3) is 11.0 Å². The number of nitrogens with one attached hydrogen (secondary N) is 1. The van der Waals surface area contributed by atoms with Gasteiger partial charge in [-0.2, -0.15) is 0 Å². The molecule has 1 fully saturated rings. The number of esters is 1. The average molecular weight is 422 g/mol. The predicted octanol–water partition coefficient (Wildman–Crippen LogP) is 3.03. The fourth-order valence-electron chi connectivity index (χ4n) is 3.81. The van der Waals surface area contributed by atoms with Crippen molar-refractivity contribution in [3.05, 3.63) is 54.1 Å². The highest BCUT2D eigenvalue weighted by Gasteiger charge is 2.24. The van der Waals surface area contributed by atoms with E-state index in [1.54, 1.807) is 6.92 Å². The monoisotopic (exact) mass is 421 g/mol. The van der Waals surface area contributed by atoms with E-state index in [9.17, 15) is 9.59 Å². The molecule has 0 bridgehead atoms. The van der Waals surface area contributed by atoms with Crippen LogP contribution in [0, 0.1) is 0 Å². The summed E-state index contributed by atoms with van der Waals surface area (Å²) in [6, 6.07) is 15.2. The Morgan fingerprint density at radius 1 is 1.03 bits per heavy atom. The molecule has 0 saturated carbocycles. The van der Waals surface area contributed by atoms with Crippen LogP contribution in [0.2, 0.25) is 0 Å². The van der Waals surface area contributed by atoms with Gasteiger partial charge in [0.15, 0.2) is 0 Å². The number of nitrogens with zero attached hydrogens (tertiary/aromatic N) is 4. The Morgan fingerprint density at radius 2 is 1.74 bits per heavy atom. The van der Waals surface area contributed by atoms with E-state index < -0.39 is 0 Å². The molecule has 0 radical (unpaired) electrons. The minimum atomic E-state index is -0.252. The summed E-state index contributed by atoms with van der Waals surface area (Å²) in [4.78, 5) is 33.0. The number of anilines is 2. The number of urea groups is 1. The standard InChI is InChI=1S/C23H27N5O3/c1-3-31-21(29)16-17-8-10-18(11-9-17)24-23(30)28-14-12-27(13-15-28)22-25-19-6-4-5-7-20(19)26(22)2/h4-11H,3,12-16H2,1-2H3,(H,24,30). The number of fused-ring (bicyclic) bond motifs is 1. The first kappa shape index (κ1) is 20.7. The van der Waals surface area contributed by atoms with Gasteiger partial charge in [0.05, 0.1) is 24.1 Å². The molecular formula is C23H27N5O3. The Labute approximate surface area is 181 Å². The number of rotatable bonds is 5. The summed E-state index contributed by atoms with van der Waals surface area (Å²) in [7, 11) is 2.02. The van der Waals surface area contributed by atoms with Crippen molar-refractivity contribution in [2.75, 3.05) is 43.0 Å². The maximum Gasteiger partial charge on any atom is 0.321 e. The first-order chi connectivity index (χ1) is 15.0. The Balaban J connectivity index is 1.32. The Kier molecular flexibility index (Phi) is 6.06. The lowest BCUT2D eigenvalue weighted by Gasteiger charge is -2.35. The minimum Gasteiger partial charge on any atom is -0.466 e. The van der Waals surface area contributed by atoms with Gasteiger partial charge < -0.3 is 24.4 Å². The van der Waals surface area contributed by atoms with Gasteiger partial charge >= 0.3 is 12.0 Å². The summed E-state index contributed by atoms with van der Waals surface area (Å²) in [5, 5.41) is 2.94. The van der Waals surface area contributed by atoms with Crippen molar-refractivity contribution in [3.63, 3.8) is 0 Å². The van der Waals surface area contributed by atoms with Crippen LogP contribution in [0.5, 0.6) is 0 Å². The summed E-state index contributed by atoms with van der Waals surface area (Å²) in [6.07, 6.45) is 0.228. The van der Waals surface area contributed by atoms with E-state index in [2.05, 4.69) is 20.9 Å². The number of aromatic nitrogens is 2. The van der Waals surface area contributed by atoms with E-state index >= 15 is 0 Å². The lowest BCUT2D eigenvalue weighted by atomic mass is 10.1. The molecule has 1 N–H and O–H groups in total. The van der Waals surface area contributed by atoms with Gasteiger partial charge in [-0.15, -0.1) is 0 Å². The summed E-state index contributed by atoms with van der Waals surface area (Å²) in [5.74, 6) is 0.677. The number of carbonyl (C=O) groups excluding carboxylic acids is 2. The van der Waals surface area contributed by atoms with Crippen LogP contribution in [-0.2, 0) is 23.0 Å². The van der Waals surface area contributed by atoms with E-state index in [4.69, 9.17) is 9.72 Å². The highest BCUT2D eigenvalue weighted by molar-refractivity contribution is 5.89. The normalized spacial score (nSPS) is 14.0. The van der Waals surface area contributed by atoms with Crippen molar-refractivity contribution in [2.24, 2.45) is 7.05 Å². The summed E-state index contributed by atoms with van der Waals surface area (Å²) < 4.78 is 7.06. The molecule has 162 valence electrons. The van der Waals surface area contributed by atoms with Crippen LogP contribution in [-0.4, -0.2) is 59.2 Å². The lowest BCUT2D eigenvalue weighted by Crippen LogP contribution is -2.50. The third-order valence-electron chi connectivity index (χ3n) is 5.47. The summed E-state index contributed by atoms with van der Waals surface area (Å²) in [5.41, 5.74) is 3.64. The quantitative estimate of drug-likeness (QED) is 0.641. The van der Waals surface area contributed by atoms with Gasteiger partial charge in [-0.25, -0.2) is 9.78 Å². The van der Waals surface area contributed by atoms with Gasteiger partial charge in [-0.05, 0) is 36.8 Å². The minimum absolute atomic E-state index is 0.122. The summed E-state index contributed by atoms with van der Waals surface area (Å²) >= 11 is 0. The van der Waals surface area contributed by atoms with Crippen LogP contribution in [0.15, 0.2) is 48.5 Å². The van der Waals surface area contributed by atoms with Crippen molar-refractivity contribution in [1.82, 2.24) is 14.5 Å². The van der Waals surface area contributed by atoms with Crippen molar-refractivity contribution in [2.45, 2.75) is 13.3 Å². The predicted molar refractivity (Wildman–Crippen MR) is 120 cm³/mol. The molecule has 2 aromatic carbocycles. The number of aryl methyl sites for hydroxylation is 1. The number of hydrogen-bond acceptors (Lipinski definition) is 5. The second kappa shape index (κ2) is 9.07. The van der Waals surface area contributed by atoms with Crippen LogP contribution in [0.3, 0.4) is 0 Å². The maximum absolute atomic E-state index is 12.7. The number of imidazole rings is 1. The van der Waals surface area contributed by atoms with E-state index in [-0.39, 0.29) is 18.4 Å². The Hall–Kier alpha value is -3.55. The van der Waals surface area contributed by atoms with Crippen molar-refractivity contribution >= 4 is 34.7 Å². The first-order valence-corrected chi connectivity index (χ1v) is 10.5. The maximum atomic E-state index is 12.7. The fourth-order valence-corrected chi connectivity index (χ4v) is 3.81. The molecule has 3 aromatic rings. The molecule has 1 aromatic heterocycles. The smallest absolute Gasteiger partial charge is 0.321 e. The van der Waals surface area contributed by atoms with E-state index in [0.29, 0.717) is 25.4 Å². The zero-order chi connectivity index (χ0) is 21.8. The number of ether oxygens (including phenoxy) is 1. The zero-order valence-corrected chi connectivity index (χ0v) is 17.9. The molecule has 1 aliphatic heterocycles. The van der Waals surface area contributed by atoms with Crippen molar-refractivity contribution in [3.8, 4) is 0 Å². The molecule has 0 unspecified atom stereocenters. The zero-order valence-electron chi connectivity index (χ0n) is 17.9. The van der Waals surface area contributed by atoms with Crippen LogP contribution in [0.4, 0.5) is 16.4 Å². The van der Waals surface area contributed by atoms with Crippen molar-refractivity contribution in [1.29, 1.82) is 0 Å².